The highest BCUT2D eigenvalue weighted by Crippen LogP contribution is 2.19. The molecule has 0 radical (unpaired) electrons. The van der Waals surface area contributed by atoms with Crippen LogP contribution in [0.15, 0.2) is 42.5 Å². The van der Waals surface area contributed by atoms with Gasteiger partial charge in [0.1, 0.15) is 5.82 Å². The van der Waals surface area contributed by atoms with Gasteiger partial charge in [0.15, 0.2) is 0 Å². The fraction of sp³-hybridized carbons (Fsp3) is 0.133. The van der Waals surface area contributed by atoms with Crippen molar-refractivity contribution in [3.8, 4) is 0 Å². The normalized spacial score (nSPS) is 10.3. The van der Waals surface area contributed by atoms with Crippen LogP contribution in [-0.4, -0.2) is 12.5 Å². The SMILES string of the molecule is NCCc1ccc(C(=O)Nc2ccc(Cl)c(F)c2)cc1. The first kappa shape index (κ1) is 14.5. The molecule has 104 valence electrons. The summed E-state index contributed by atoms with van der Waals surface area (Å²) in [5.41, 5.74) is 7.40. The summed E-state index contributed by atoms with van der Waals surface area (Å²) in [4.78, 5) is 12.0. The molecule has 0 aliphatic heterocycles. The fourth-order valence-electron chi connectivity index (χ4n) is 1.77. The number of benzene rings is 2. The largest absolute Gasteiger partial charge is 0.330 e. The molecule has 2 rings (SSSR count). The highest BCUT2D eigenvalue weighted by molar-refractivity contribution is 6.30. The van der Waals surface area contributed by atoms with E-state index in [2.05, 4.69) is 5.32 Å². The topological polar surface area (TPSA) is 55.1 Å². The minimum absolute atomic E-state index is 0.0223. The number of carbonyl (C=O) groups excluding carboxylic acids is 1. The van der Waals surface area contributed by atoms with E-state index in [1.54, 1.807) is 18.2 Å². The van der Waals surface area contributed by atoms with Gasteiger partial charge in [0, 0.05) is 11.3 Å². The molecule has 20 heavy (non-hydrogen) atoms. The number of nitrogens with two attached hydrogens (primary N) is 1. The molecule has 0 aliphatic rings. The first-order valence-electron chi connectivity index (χ1n) is 6.15. The Kier molecular flexibility index (Phi) is 4.71. The van der Waals surface area contributed by atoms with Crippen molar-refractivity contribution in [1.82, 2.24) is 0 Å². The number of nitrogens with one attached hydrogen (secondary N) is 1. The van der Waals surface area contributed by atoms with Crippen LogP contribution in [0.5, 0.6) is 0 Å². The molecular weight excluding hydrogens is 279 g/mol. The van der Waals surface area contributed by atoms with Crippen molar-refractivity contribution in [3.63, 3.8) is 0 Å². The van der Waals surface area contributed by atoms with E-state index >= 15 is 0 Å². The van der Waals surface area contributed by atoms with Gasteiger partial charge >= 0.3 is 0 Å². The zero-order chi connectivity index (χ0) is 14.5. The van der Waals surface area contributed by atoms with Crippen molar-refractivity contribution < 1.29 is 9.18 Å². The molecule has 0 saturated carbocycles. The zero-order valence-electron chi connectivity index (χ0n) is 10.7. The van der Waals surface area contributed by atoms with Gasteiger partial charge in [-0.2, -0.15) is 0 Å². The fourth-order valence-corrected chi connectivity index (χ4v) is 1.88. The van der Waals surface area contributed by atoms with Crippen LogP contribution in [-0.2, 0) is 6.42 Å². The number of hydrogen-bond donors (Lipinski definition) is 2. The molecular formula is C15H14ClFN2O. The molecule has 0 unspecified atom stereocenters. The van der Waals surface area contributed by atoms with E-state index in [0.29, 0.717) is 17.8 Å². The van der Waals surface area contributed by atoms with Crippen molar-refractivity contribution in [2.75, 3.05) is 11.9 Å². The maximum atomic E-state index is 13.3. The van der Waals surface area contributed by atoms with Gasteiger partial charge in [0.25, 0.3) is 5.91 Å². The number of anilines is 1. The molecule has 0 aliphatic carbocycles. The van der Waals surface area contributed by atoms with Crippen LogP contribution in [0.2, 0.25) is 5.02 Å². The second kappa shape index (κ2) is 6.50. The minimum atomic E-state index is -0.567. The second-order valence-corrected chi connectivity index (χ2v) is 4.73. The summed E-state index contributed by atoms with van der Waals surface area (Å²) >= 11 is 5.58. The third kappa shape index (κ3) is 3.56. The van der Waals surface area contributed by atoms with Crippen molar-refractivity contribution >= 4 is 23.2 Å². The summed E-state index contributed by atoms with van der Waals surface area (Å²) in [6.07, 6.45) is 0.768. The number of rotatable bonds is 4. The highest BCUT2D eigenvalue weighted by Gasteiger charge is 2.07. The van der Waals surface area contributed by atoms with Crippen LogP contribution in [0.1, 0.15) is 15.9 Å². The maximum Gasteiger partial charge on any atom is 0.255 e. The van der Waals surface area contributed by atoms with Crippen LogP contribution in [0.25, 0.3) is 0 Å². The Bertz CT molecular complexity index is 614. The lowest BCUT2D eigenvalue weighted by atomic mass is 10.1. The molecule has 0 saturated heterocycles. The molecule has 1 amide bonds. The molecule has 2 aromatic rings. The van der Waals surface area contributed by atoms with Gasteiger partial charge in [-0.25, -0.2) is 4.39 Å². The predicted molar refractivity (Wildman–Crippen MR) is 78.6 cm³/mol. The molecule has 3 nitrogen and oxygen atoms in total. The Morgan fingerprint density at radius 2 is 1.90 bits per heavy atom. The zero-order valence-corrected chi connectivity index (χ0v) is 11.5. The molecule has 0 atom stereocenters. The van der Waals surface area contributed by atoms with E-state index < -0.39 is 5.82 Å². The van der Waals surface area contributed by atoms with E-state index in [1.165, 1.54) is 12.1 Å². The lowest BCUT2D eigenvalue weighted by Crippen LogP contribution is -2.12. The standard InChI is InChI=1S/C15H14ClFN2O/c16-13-6-5-12(9-14(13)17)19-15(20)11-3-1-10(2-4-11)7-8-18/h1-6,9H,7-8,18H2,(H,19,20). The van der Waals surface area contributed by atoms with Crippen LogP contribution >= 0.6 is 11.6 Å². The van der Waals surface area contributed by atoms with Gasteiger partial charge in [0.05, 0.1) is 5.02 Å². The van der Waals surface area contributed by atoms with Crippen molar-refractivity contribution in [2.45, 2.75) is 6.42 Å². The highest BCUT2D eigenvalue weighted by atomic mass is 35.5. The average molecular weight is 293 g/mol. The van der Waals surface area contributed by atoms with Crippen LogP contribution in [0.4, 0.5) is 10.1 Å². The molecule has 0 bridgehead atoms. The van der Waals surface area contributed by atoms with Crippen LogP contribution in [0.3, 0.4) is 0 Å². The number of halogens is 2. The van der Waals surface area contributed by atoms with E-state index in [-0.39, 0.29) is 10.9 Å². The lowest BCUT2D eigenvalue weighted by molar-refractivity contribution is 0.102. The molecule has 0 heterocycles. The first-order chi connectivity index (χ1) is 9.60. The smallest absolute Gasteiger partial charge is 0.255 e. The van der Waals surface area contributed by atoms with E-state index in [1.807, 2.05) is 12.1 Å². The van der Waals surface area contributed by atoms with E-state index in [4.69, 9.17) is 17.3 Å². The number of amides is 1. The molecule has 0 spiro atoms. The monoisotopic (exact) mass is 292 g/mol. The predicted octanol–water partition coefficient (Wildman–Crippen LogP) is 3.23. The molecule has 3 N–H and O–H groups in total. The van der Waals surface area contributed by atoms with Gasteiger partial charge < -0.3 is 11.1 Å². The summed E-state index contributed by atoms with van der Waals surface area (Å²) in [5.74, 6) is -0.867. The van der Waals surface area contributed by atoms with Crippen molar-refractivity contribution in [1.29, 1.82) is 0 Å². The van der Waals surface area contributed by atoms with E-state index in [0.717, 1.165) is 12.0 Å². The Hall–Kier alpha value is -1.91. The number of carbonyl (C=O) groups is 1. The van der Waals surface area contributed by atoms with Crippen LogP contribution < -0.4 is 11.1 Å². The first-order valence-corrected chi connectivity index (χ1v) is 6.53. The van der Waals surface area contributed by atoms with Crippen LogP contribution in [0, 0.1) is 5.82 Å². The Morgan fingerprint density at radius 1 is 1.20 bits per heavy atom. The van der Waals surface area contributed by atoms with E-state index in [9.17, 15) is 9.18 Å². The molecule has 0 aromatic heterocycles. The van der Waals surface area contributed by atoms with Gasteiger partial charge in [-0.15, -0.1) is 0 Å². The Labute approximate surface area is 121 Å². The summed E-state index contributed by atoms with van der Waals surface area (Å²) < 4.78 is 13.3. The Balaban J connectivity index is 2.09. The summed E-state index contributed by atoms with van der Waals surface area (Å²) in [6.45, 7) is 0.565. The third-order valence-corrected chi connectivity index (χ3v) is 3.13. The minimum Gasteiger partial charge on any atom is -0.330 e. The Morgan fingerprint density at radius 3 is 2.50 bits per heavy atom. The summed E-state index contributed by atoms with van der Waals surface area (Å²) in [6, 6.07) is 11.3. The van der Waals surface area contributed by atoms with Crippen molar-refractivity contribution in [2.24, 2.45) is 5.73 Å². The summed E-state index contributed by atoms with van der Waals surface area (Å²) in [5, 5.41) is 2.64. The lowest BCUT2D eigenvalue weighted by Gasteiger charge is -2.06. The number of hydrogen-bond acceptors (Lipinski definition) is 2. The summed E-state index contributed by atoms with van der Waals surface area (Å²) in [7, 11) is 0. The molecule has 0 fully saturated rings. The van der Waals surface area contributed by atoms with Gasteiger partial charge in [-0.3, -0.25) is 4.79 Å². The van der Waals surface area contributed by atoms with Gasteiger partial charge in [-0.1, -0.05) is 23.7 Å². The molecule has 2 aromatic carbocycles. The molecule has 5 heteroatoms. The second-order valence-electron chi connectivity index (χ2n) is 4.32. The third-order valence-electron chi connectivity index (χ3n) is 2.83. The van der Waals surface area contributed by atoms with Gasteiger partial charge in [0.2, 0.25) is 0 Å². The maximum absolute atomic E-state index is 13.3. The average Bonchev–Trinajstić information content (AvgIpc) is 2.44. The quantitative estimate of drug-likeness (QED) is 0.909. The van der Waals surface area contributed by atoms with Crippen molar-refractivity contribution in [3.05, 3.63) is 64.4 Å². The van der Waals surface area contributed by atoms with Gasteiger partial charge in [-0.05, 0) is 48.9 Å².